The molecule has 21 heavy (non-hydrogen) atoms. The number of carbonyl (C=O) groups excluding carboxylic acids is 2. The van der Waals surface area contributed by atoms with E-state index in [9.17, 15) is 9.59 Å². The normalized spacial score (nSPS) is 16.1. The van der Waals surface area contributed by atoms with Gasteiger partial charge in [-0.25, -0.2) is 0 Å². The number of amides is 1. The van der Waals surface area contributed by atoms with E-state index in [2.05, 4.69) is 6.42 Å². The van der Waals surface area contributed by atoms with Gasteiger partial charge < -0.3 is 10.6 Å². The molecule has 1 amide bonds. The summed E-state index contributed by atoms with van der Waals surface area (Å²) in [6.07, 6.45) is 3.97. The Morgan fingerprint density at radius 1 is 1.24 bits per heavy atom. The first kappa shape index (κ1) is 15.2. The molecule has 0 aliphatic carbocycles. The van der Waals surface area contributed by atoms with Crippen LogP contribution in [0.2, 0.25) is 0 Å². The molecule has 1 aliphatic heterocycles. The van der Waals surface area contributed by atoms with Crippen molar-refractivity contribution in [2.75, 3.05) is 13.1 Å². The number of hydrogen-bond donors (Lipinski definition) is 1. The third kappa shape index (κ3) is 3.89. The van der Waals surface area contributed by atoms with Gasteiger partial charge in [0.1, 0.15) is 0 Å². The largest absolute Gasteiger partial charge is 0.343 e. The second kappa shape index (κ2) is 7.00. The molecular formula is C16H18N3O2. The quantitative estimate of drug-likeness (QED) is 0.844. The first-order valence-corrected chi connectivity index (χ1v) is 7.01. The minimum atomic E-state index is -0.837. The van der Waals surface area contributed by atoms with Crippen molar-refractivity contribution >= 4 is 11.7 Å². The molecule has 1 heterocycles. The lowest BCUT2D eigenvalue weighted by atomic mass is 10.0. The molecule has 1 aliphatic rings. The van der Waals surface area contributed by atoms with E-state index in [1.807, 2.05) is 6.07 Å². The maximum atomic E-state index is 12.2. The van der Waals surface area contributed by atoms with E-state index in [0.29, 0.717) is 24.2 Å². The van der Waals surface area contributed by atoms with Crippen molar-refractivity contribution in [2.24, 2.45) is 5.73 Å². The summed E-state index contributed by atoms with van der Waals surface area (Å²) in [6.45, 7) is 1.41. The van der Waals surface area contributed by atoms with Crippen LogP contribution in [-0.4, -0.2) is 35.7 Å². The number of ketones is 1. The van der Waals surface area contributed by atoms with Crippen LogP contribution < -0.4 is 5.73 Å². The molecule has 1 aromatic rings. The van der Waals surface area contributed by atoms with Gasteiger partial charge in [-0.3, -0.25) is 9.59 Å². The predicted molar refractivity (Wildman–Crippen MR) is 78.2 cm³/mol. The van der Waals surface area contributed by atoms with Crippen molar-refractivity contribution in [2.45, 2.75) is 25.3 Å². The summed E-state index contributed by atoms with van der Waals surface area (Å²) >= 11 is 0. The van der Waals surface area contributed by atoms with Crippen molar-refractivity contribution in [1.29, 1.82) is 5.26 Å². The highest BCUT2D eigenvalue weighted by Crippen LogP contribution is 2.12. The molecule has 0 saturated carbocycles. The summed E-state index contributed by atoms with van der Waals surface area (Å²) in [5.74, 6) is -0.339. The molecule has 1 atom stereocenters. The van der Waals surface area contributed by atoms with E-state index in [1.54, 1.807) is 29.2 Å². The number of nitriles is 1. The Morgan fingerprint density at radius 3 is 2.43 bits per heavy atom. The lowest BCUT2D eigenvalue weighted by Crippen LogP contribution is -2.41. The van der Waals surface area contributed by atoms with Gasteiger partial charge in [0.15, 0.2) is 5.78 Å². The highest BCUT2D eigenvalue weighted by Gasteiger charge is 2.23. The monoisotopic (exact) mass is 284 g/mol. The second-order valence-corrected chi connectivity index (χ2v) is 5.11. The zero-order valence-corrected chi connectivity index (χ0v) is 11.8. The van der Waals surface area contributed by atoms with Crippen LogP contribution in [0.25, 0.3) is 0 Å². The van der Waals surface area contributed by atoms with E-state index in [1.165, 1.54) is 0 Å². The fourth-order valence-electron chi connectivity index (χ4n) is 2.33. The first-order chi connectivity index (χ1) is 10.1. The summed E-state index contributed by atoms with van der Waals surface area (Å²) in [6, 6.07) is 7.44. The van der Waals surface area contributed by atoms with Crippen molar-refractivity contribution in [3.63, 3.8) is 0 Å². The Bertz CT molecular complexity index is 554. The van der Waals surface area contributed by atoms with Crippen LogP contribution >= 0.6 is 0 Å². The van der Waals surface area contributed by atoms with Gasteiger partial charge in [0.25, 0.3) is 0 Å². The second-order valence-electron chi connectivity index (χ2n) is 5.11. The summed E-state index contributed by atoms with van der Waals surface area (Å²) in [5, 5.41) is 8.73. The van der Waals surface area contributed by atoms with E-state index < -0.39 is 6.04 Å². The van der Waals surface area contributed by atoms with Gasteiger partial charge in [-0.05, 0) is 31.4 Å². The Labute approximate surface area is 124 Å². The Kier molecular flexibility index (Phi) is 5.07. The SMILES string of the molecule is N#Cc1ccc(C(=O)C(N)CC(=O)N2CC[CH]CC2)cc1. The van der Waals surface area contributed by atoms with Crippen LogP contribution in [0, 0.1) is 17.8 Å². The molecule has 1 aromatic carbocycles. The zero-order valence-electron chi connectivity index (χ0n) is 11.8. The Hall–Kier alpha value is -2.19. The molecule has 2 rings (SSSR count). The number of carbonyl (C=O) groups is 2. The summed E-state index contributed by atoms with van der Waals surface area (Å²) in [5.41, 5.74) is 6.78. The number of nitrogens with two attached hydrogens (primary N) is 1. The van der Waals surface area contributed by atoms with Crippen LogP contribution in [0.3, 0.4) is 0 Å². The van der Waals surface area contributed by atoms with Gasteiger partial charge in [-0.15, -0.1) is 0 Å². The molecule has 1 fully saturated rings. The number of nitrogens with zero attached hydrogens (tertiary/aromatic N) is 2. The van der Waals surface area contributed by atoms with Gasteiger partial charge in [0, 0.05) is 25.1 Å². The number of likely N-dealkylation sites (tertiary alicyclic amines) is 1. The Morgan fingerprint density at radius 2 is 1.86 bits per heavy atom. The van der Waals surface area contributed by atoms with Crippen molar-refractivity contribution in [3.05, 3.63) is 41.8 Å². The predicted octanol–water partition coefficient (Wildman–Crippen LogP) is 1.29. The van der Waals surface area contributed by atoms with Crippen LogP contribution in [0.5, 0.6) is 0 Å². The number of Topliss-reactive ketones (excluding diaryl/α,β-unsaturated/α-hetero) is 1. The number of rotatable bonds is 4. The summed E-state index contributed by atoms with van der Waals surface area (Å²) < 4.78 is 0. The van der Waals surface area contributed by atoms with Gasteiger partial charge in [0.05, 0.1) is 17.7 Å². The molecule has 0 aromatic heterocycles. The summed E-state index contributed by atoms with van der Waals surface area (Å²) in [4.78, 5) is 26.0. The average Bonchev–Trinajstić information content (AvgIpc) is 2.55. The fourth-order valence-corrected chi connectivity index (χ4v) is 2.33. The van der Waals surface area contributed by atoms with Crippen LogP contribution in [0.15, 0.2) is 24.3 Å². The molecule has 1 radical (unpaired) electrons. The number of piperidine rings is 1. The van der Waals surface area contributed by atoms with Crippen molar-refractivity contribution in [1.82, 2.24) is 4.90 Å². The molecule has 1 unspecified atom stereocenters. The third-order valence-electron chi connectivity index (χ3n) is 3.59. The lowest BCUT2D eigenvalue weighted by Gasteiger charge is -2.27. The smallest absolute Gasteiger partial charge is 0.224 e. The van der Waals surface area contributed by atoms with E-state index in [-0.39, 0.29) is 18.1 Å². The fraction of sp³-hybridized carbons (Fsp3) is 0.375. The van der Waals surface area contributed by atoms with Crippen LogP contribution in [0.1, 0.15) is 35.2 Å². The molecule has 2 N–H and O–H groups in total. The molecule has 5 nitrogen and oxygen atoms in total. The Balaban J connectivity index is 1.95. The van der Waals surface area contributed by atoms with Crippen LogP contribution in [0.4, 0.5) is 0 Å². The number of hydrogen-bond acceptors (Lipinski definition) is 4. The molecule has 5 heteroatoms. The standard InChI is InChI=1S/C16H18N3O2/c17-11-12-4-6-13(7-5-12)16(21)14(18)10-15(20)19-8-2-1-3-9-19/h1,4-7,14H,2-3,8-10,18H2. The minimum Gasteiger partial charge on any atom is -0.343 e. The topological polar surface area (TPSA) is 87.2 Å². The lowest BCUT2D eigenvalue weighted by molar-refractivity contribution is -0.131. The highest BCUT2D eigenvalue weighted by molar-refractivity contribution is 6.02. The van der Waals surface area contributed by atoms with Crippen molar-refractivity contribution < 1.29 is 9.59 Å². The van der Waals surface area contributed by atoms with Gasteiger partial charge in [-0.1, -0.05) is 12.1 Å². The maximum absolute atomic E-state index is 12.2. The molecule has 0 bridgehead atoms. The van der Waals surface area contributed by atoms with E-state index in [4.69, 9.17) is 11.0 Å². The first-order valence-electron chi connectivity index (χ1n) is 7.01. The highest BCUT2D eigenvalue weighted by atomic mass is 16.2. The van der Waals surface area contributed by atoms with E-state index in [0.717, 1.165) is 12.8 Å². The molecule has 109 valence electrons. The van der Waals surface area contributed by atoms with Crippen molar-refractivity contribution in [3.8, 4) is 6.07 Å². The zero-order chi connectivity index (χ0) is 15.2. The average molecular weight is 284 g/mol. The molecule has 0 spiro atoms. The van der Waals surface area contributed by atoms with Gasteiger partial charge in [0.2, 0.25) is 5.91 Å². The third-order valence-corrected chi connectivity index (χ3v) is 3.59. The van der Waals surface area contributed by atoms with E-state index >= 15 is 0 Å². The molecule has 1 saturated heterocycles. The van der Waals surface area contributed by atoms with Gasteiger partial charge in [-0.2, -0.15) is 5.26 Å². The molecular weight excluding hydrogens is 266 g/mol. The maximum Gasteiger partial charge on any atom is 0.224 e. The summed E-state index contributed by atoms with van der Waals surface area (Å²) in [7, 11) is 0. The van der Waals surface area contributed by atoms with Gasteiger partial charge >= 0.3 is 0 Å². The van der Waals surface area contributed by atoms with Crippen LogP contribution in [-0.2, 0) is 4.79 Å². The minimum absolute atomic E-state index is 0.0266. The number of benzene rings is 1.